The van der Waals surface area contributed by atoms with E-state index >= 15 is 0 Å². The lowest BCUT2D eigenvalue weighted by molar-refractivity contribution is -0.0334. The van der Waals surface area contributed by atoms with Gasteiger partial charge >= 0.3 is 12.1 Å². The number of urea groups is 1. The van der Waals surface area contributed by atoms with Crippen LogP contribution in [0.3, 0.4) is 0 Å². The van der Waals surface area contributed by atoms with Crippen LogP contribution >= 0.6 is 11.6 Å². The van der Waals surface area contributed by atoms with Crippen LogP contribution in [0.4, 0.5) is 9.59 Å². The molecule has 1 atom stereocenters. The predicted molar refractivity (Wildman–Crippen MR) is 111 cm³/mol. The molecule has 2 heterocycles. The number of hydrogen-bond acceptors (Lipinski definition) is 4. The lowest BCUT2D eigenvalue weighted by Crippen LogP contribution is -2.47. The van der Waals surface area contributed by atoms with Crippen LogP contribution in [0, 0.1) is 0 Å². The summed E-state index contributed by atoms with van der Waals surface area (Å²) in [4.78, 5) is 28.7. The average molecular weight is 424 g/mol. The molecule has 29 heavy (non-hydrogen) atoms. The molecular weight excluding hydrogens is 394 g/mol. The molecule has 0 aromatic heterocycles. The largest absolute Gasteiger partial charge is 0.444 e. The van der Waals surface area contributed by atoms with Gasteiger partial charge in [0.1, 0.15) is 5.60 Å². The molecule has 2 aliphatic heterocycles. The first kappa shape index (κ1) is 21.7. The van der Waals surface area contributed by atoms with Crippen LogP contribution in [-0.4, -0.2) is 60.4 Å². The first-order chi connectivity index (χ1) is 13.7. The van der Waals surface area contributed by atoms with Gasteiger partial charge in [0.15, 0.2) is 0 Å². The number of amides is 3. The fourth-order valence-electron chi connectivity index (χ4n) is 3.79. The third kappa shape index (κ3) is 5.14. The van der Waals surface area contributed by atoms with Crippen molar-refractivity contribution < 1.29 is 19.1 Å². The van der Waals surface area contributed by atoms with Gasteiger partial charge in [-0.1, -0.05) is 11.6 Å². The van der Waals surface area contributed by atoms with Crippen LogP contribution in [0.2, 0.25) is 5.02 Å². The highest BCUT2D eigenvalue weighted by Gasteiger charge is 2.35. The minimum absolute atomic E-state index is 0.0806. The van der Waals surface area contributed by atoms with Gasteiger partial charge in [-0.15, -0.1) is 0 Å². The van der Waals surface area contributed by atoms with Crippen LogP contribution in [-0.2, 0) is 22.4 Å². The van der Waals surface area contributed by atoms with Crippen LogP contribution in [0.5, 0.6) is 0 Å². The normalized spacial score (nSPS) is 19.6. The Morgan fingerprint density at radius 3 is 2.76 bits per heavy atom. The standard InChI is InChI=1S/C21H30ClN3O4/c1-5-23-19(26)24-7-6-14-10-15(22)11-16(17(14)12-24)18-13-28-9-8-25(18)20(27)29-21(2,3)4/h10-11,18H,5-9,12-13H2,1-4H3,(H,23,26)/t18-/m0/s1. The van der Waals surface area contributed by atoms with Gasteiger partial charge < -0.3 is 19.7 Å². The van der Waals surface area contributed by atoms with Gasteiger partial charge in [0.2, 0.25) is 0 Å². The summed E-state index contributed by atoms with van der Waals surface area (Å²) in [6.07, 6.45) is 0.357. The zero-order chi connectivity index (χ0) is 21.2. The second-order valence-corrected chi connectivity index (χ2v) is 8.84. The molecule has 1 aromatic rings. The number of morpholine rings is 1. The van der Waals surface area contributed by atoms with Gasteiger partial charge in [-0.3, -0.25) is 4.90 Å². The Balaban J connectivity index is 1.93. The smallest absolute Gasteiger partial charge is 0.410 e. The van der Waals surface area contributed by atoms with Gasteiger partial charge in [-0.25, -0.2) is 9.59 Å². The molecule has 1 N–H and O–H groups in total. The molecule has 3 rings (SSSR count). The summed E-state index contributed by atoms with van der Waals surface area (Å²) in [6, 6.07) is 3.46. The van der Waals surface area contributed by atoms with Crippen LogP contribution < -0.4 is 5.32 Å². The third-order valence-corrected chi connectivity index (χ3v) is 5.29. The highest BCUT2D eigenvalue weighted by atomic mass is 35.5. The van der Waals surface area contributed by atoms with Crippen molar-refractivity contribution >= 4 is 23.7 Å². The van der Waals surface area contributed by atoms with Crippen LogP contribution in [0.1, 0.15) is 50.4 Å². The van der Waals surface area contributed by atoms with Gasteiger partial charge in [0, 0.05) is 31.2 Å². The Morgan fingerprint density at radius 2 is 2.07 bits per heavy atom. The number of carbonyl (C=O) groups is 2. The summed E-state index contributed by atoms with van der Waals surface area (Å²) >= 11 is 6.42. The molecule has 2 aliphatic rings. The van der Waals surface area contributed by atoms with Gasteiger partial charge in [-0.2, -0.15) is 0 Å². The van der Waals surface area contributed by atoms with E-state index < -0.39 is 5.60 Å². The number of nitrogens with one attached hydrogen (secondary N) is 1. The van der Waals surface area contributed by atoms with Crippen molar-refractivity contribution in [3.05, 3.63) is 33.8 Å². The van der Waals surface area contributed by atoms with Crippen molar-refractivity contribution in [2.75, 3.05) is 32.8 Å². The molecule has 0 spiro atoms. The fraction of sp³-hybridized carbons (Fsp3) is 0.619. The molecule has 1 aromatic carbocycles. The Labute approximate surface area is 177 Å². The summed E-state index contributed by atoms with van der Waals surface area (Å²) in [6.45, 7) is 10.4. The lowest BCUT2D eigenvalue weighted by Gasteiger charge is -2.39. The minimum atomic E-state index is -0.581. The Bertz CT molecular complexity index is 778. The van der Waals surface area contributed by atoms with Crippen molar-refractivity contribution in [2.45, 2.75) is 52.3 Å². The van der Waals surface area contributed by atoms with E-state index in [0.29, 0.717) is 44.4 Å². The van der Waals surface area contributed by atoms with E-state index in [-0.39, 0.29) is 18.2 Å². The van der Waals surface area contributed by atoms with Gasteiger partial charge in [0.05, 0.1) is 19.3 Å². The summed E-state index contributed by atoms with van der Waals surface area (Å²) in [5.41, 5.74) is 2.49. The zero-order valence-electron chi connectivity index (χ0n) is 17.6. The number of fused-ring (bicyclic) bond motifs is 1. The SMILES string of the molecule is CCNC(=O)N1CCc2cc(Cl)cc([C@@H]3COCCN3C(=O)OC(C)(C)C)c2C1. The van der Waals surface area contributed by atoms with Crippen LogP contribution in [0.25, 0.3) is 0 Å². The number of halogens is 1. The Hall–Kier alpha value is -1.99. The number of nitrogens with zero attached hydrogens (tertiary/aromatic N) is 2. The highest BCUT2D eigenvalue weighted by molar-refractivity contribution is 6.30. The van der Waals surface area contributed by atoms with E-state index in [9.17, 15) is 9.59 Å². The summed E-state index contributed by atoms with van der Waals surface area (Å²) in [7, 11) is 0. The van der Waals surface area contributed by atoms with E-state index in [2.05, 4.69) is 5.32 Å². The first-order valence-electron chi connectivity index (χ1n) is 10.1. The molecular formula is C21H30ClN3O4. The van der Waals surface area contributed by atoms with Gasteiger partial charge in [-0.05, 0) is 62.9 Å². The molecule has 0 bridgehead atoms. The highest BCUT2D eigenvalue weighted by Crippen LogP contribution is 2.35. The molecule has 3 amide bonds. The van der Waals surface area contributed by atoms with Crippen molar-refractivity contribution in [1.82, 2.24) is 15.1 Å². The second kappa shape index (κ2) is 8.79. The molecule has 1 fully saturated rings. The maximum atomic E-state index is 12.8. The number of ether oxygens (including phenoxy) is 2. The number of benzene rings is 1. The molecule has 0 saturated carbocycles. The molecule has 160 valence electrons. The maximum absolute atomic E-state index is 12.8. The molecule has 0 radical (unpaired) electrons. The summed E-state index contributed by atoms with van der Waals surface area (Å²) in [5, 5.41) is 3.49. The Kier molecular flexibility index (Phi) is 6.58. The number of rotatable bonds is 2. The fourth-order valence-corrected chi connectivity index (χ4v) is 4.04. The summed E-state index contributed by atoms with van der Waals surface area (Å²) in [5.74, 6) is 0. The maximum Gasteiger partial charge on any atom is 0.410 e. The van der Waals surface area contributed by atoms with Crippen molar-refractivity contribution in [2.24, 2.45) is 0 Å². The molecule has 1 saturated heterocycles. The topological polar surface area (TPSA) is 71.1 Å². The predicted octanol–water partition coefficient (Wildman–Crippen LogP) is 3.74. The molecule has 8 heteroatoms. The summed E-state index contributed by atoms with van der Waals surface area (Å²) < 4.78 is 11.3. The first-order valence-corrected chi connectivity index (χ1v) is 10.5. The average Bonchev–Trinajstić information content (AvgIpc) is 2.66. The molecule has 0 aliphatic carbocycles. The molecule has 7 nitrogen and oxygen atoms in total. The van der Waals surface area contributed by atoms with E-state index in [0.717, 1.165) is 23.1 Å². The van der Waals surface area contributed by atoms with E-state index in [4.69, 9.17) is 21.1 Å². The number of hydrogen-bond donors (Lipinski definition) is 1. The third-order valence-electron chi connectivity index (χ3n) is 5.07. The van der Waals surface area contributed by atoms with E-state index in [1.807, 2.05) is 39.8 Å². The second-order valence-electron chi connectivity index (χ2n) is 8.40. The number of carbonyl (C=O) groups excluding carboxylic acids is 2. The lowest BCUT2D eigenvalue weighted by atomic mass is 9.90. The minimum Gasteiger partial charge on any atom is -0.444 e. The van der Waals surface area contributed by atoms with Crippen molar-refractivity contribution in [1.29, 1.82) is 0 Å². The van der Waals surface area contributed by atoms with Crippen LogP contribution in [0.15, 0.2) is 12.1 Å². The zero-order valence-corrected chi connectivity index (χ0v) is 18.3. The quantitative estimate of drug-likeness (QED) is 0.786. The van der Waals surface area contributed by atoms with Crippen molar-refractivity contribution in [3.8, 4) is 0 Å². The van der Waals surface area contributed by atoms with E-state index in [1.165, 1.54) is 0 Å². The van der Waals surface area contributed by atoms with Crippen molar-refractivity contribution in [3.63, 3.8) is 0 Å². The monoisotopic (exact) mass is 423 g/mol. The Morgan fingerprint density at radius 1 is 1.31 bits per heavy atom. The molecule has 0 unspecified atom stereocenters. The van der Waals surface area contributed by atoms with E-state index in [1.54, 1.807) is 9.80 Å². The van der Waals surface area contributed by atoms with Gasteiger partial charge in [0.25, 0.3) is 0 Å².